The SMILES string of the molecule is COc1ccc(Br)c(NC(=O)c2ccnc(C(=O)O)c2)c1. The molecule has 1 aromatic carbocycles. The Hall–Kier alpha value is -2.41. The smallest absolute Gasteiger partial charge is 0.354 e. The number of ether oxygens (including phenoxy) is 1. The van der Waals surface area contributed by atoms with E-state index in [9.17, 15) is 9.59 Å². The second kappa shape index (κ2) is 6.36. The average Bonchev–Trinajstić information content (AvgIpc) is 2.49. The normalized spacial score (nSPS) is 10.0. The third-order valence-electron chi connectivity index (χ3n) is 2.66. The van der Waals surface area contributed by atoms with E-state index in [4.69, 9.17) is 9.84 Å². The van der Waals surface area contributed by atoms with E-state index in [0.717, 1.165) is 0 Å². The summed E-state index contributed by atoms with van der Waals surface area (Å²) in [6, 6.07) is 7.79. The van der Waals surface area contributed by atoms with Crippen molar-refractivity contribution in [3.05, 3.63) is 52.3 Å². The first-order valence-electron chi connectivity index (χ1n) is 5.85. The van der Waals surface area contributed by atoms with Crippen molar-refractivity contribution in [3.8, 4) is 5.75 Å². The van der Waals surface area contributed by atoms with Crippen LogP contribution in [0.4, 0.5) is 5.69 Å². The van der Waals surface area contributed by atoms with Gasteiger partial charge in [-0.2, -0.15) is 0 Å². The van der Waals surface area contributed by atoms with Crippen molar-refractivity contribution in [1.82, 2.24) is 4.98 Å². The molecule has 1 heterocycles. The molecule has 0 saturated carbocycles. The molecule has 2 N–H and O–H groups in total. The van der Waals surface area contributed by atoms with Gasteiger partial charge in [0.05, 0.1) is 12.8 Å². The van der Waals surface area contributed by atoms with Gasteiger partial charge in [0.15, 0.2) is 0 Å². The van der Waals surface area contributed by atoms with Crippen LogP contribution in [-0.4, -0.2) is 29.1 Å². The standard InChI is InChI=1S/C14H11BrN2O4/c1-21-9-2-3-10(15)11(7-9)17-13(18)8-4-5-16-12(6-8)14(19)20/h2-7H,1H3,(H,17,18)(H,19,20). The monoisotopic (exact) mass is 350 g/mol. The first kappa shape index (κ1) is 15.0. The van der Waals surface area contributed by atoms with Gasteiger partial charge >= 0.3 is 5.97 Å². The third kappa shape index (κ3) is 3.57. The number of benzene rings is 1. The van der Waals surface area contributed by atoms with Crippen molar-refractivity contribution in [3.63, 3.8) is 0 Å². The van der Waals surface area contributed by atoms with Crippen LogP contribution in [0.25, 0.3) is 0 Å². The average molecular weight is 351 g/mol. The van der Waals surface area contributed by atoms with Crippen molar-refractivity contribution in [1.29, 1.82) is 0 Å². The summed E-state index contributed by atoms with van der Waals surface area (Å²) in [4.78, 5) is 26.7. The van der Waals surface area contributed by atoms with E-state index in [2.05, 4.69) is 26.2 Å². The molecule has 0 aliphatic heterocycles. The van der Waals surface area contributed by atoms with Crippen LogP contribution in [0.3, 0.4) is 0 Å². The highest BCUT2D eigenvalue weighted by atomic mass is 79.9. The van der Waals surface area contributed by atoms with E-state index >= 15 is 0 Å². The number of carboxylic acids is 1. The summed E-state index contributed by atoms with van der Waals surface area (Å²) in [5.74, 6) is -1.03. The Morgan fingerprint density at radius 3 is 2.71 bits per heavy atom. The van der Waals surface area contributed by atoms with E-state index in [0.29, 0.717) is 15.9 Å². The molecular weight excluding hydrogens is 340 g/mol. The zero-order valence-corrected chi connectivity index (χ0v) is 12.5. The number of hydrogen-bond acceptors (Lipinski definition) is 4. The maximum Gasteiger partial charge on any atom is 0.354 e. The molecular formula is C14H11BrN2O4. The predicted molar refractivity (Wildman–Crippen MR) is 79.8 cm³/mol. The molecule has 1 aromatic heterocycles. The lowest BCUT2D eigenvalue weighted by Crippen LogP contribution is -2.14. The van der Waals surface area contributed by atoms with Crippen LogP contribution < -0.4 is 10.1 Å². The van der Waals surface area contributed by atoms with Gasteiger partial charge in [0.2, 0.25) is 0 Å². The molecule has 2 aromatic rings. The number of halogens is 1. The number of carboxylic acid groups (broad SMARTS) is 1. The largest absolute Gasteiger partial charge is 0.497 e. The molecule has 0 bridgehead atoms. The maximum atomic E-state index is 12.1. The summed E-state index contributed by atoms with van der Waals surface area (Å²) in [5, 5.41) is 11.6. The Bertz CT molecular complexity index is 703. The Balaban J connectivity index is 2.25. The Morgan fingerprint density at radius 2 is 2.05 bits per heavy atom. The fourth-order valence-electron chi connectivity index (χ4n) is 1.61. The Kier molecular flexibility index (Phi) is 4.54. The Morgan fingerprint density at radius 1 is 1.29 bits per heavy atom. The van der Waals surface area contributed by atoms with Gasteiger partial charge in [0, 0.05) is 22.3 Å². The number of methoxy groups -OCH3 is 1. The van der Waals surface area contributed by atoms with Crippen molar-refractivity contribution in [2.45, 2.75) is 0 Å². The molecule has 2 rings (SSSR count). The highest BCUT2D eigenvalue weighted by Gasteiger charge is 2.12. The lowest BCUT2D eigenvalue weighted by molar-refractivity contribution is 0.0690. The van der Waals surface area contributed by atoms with Crippen LogP contribution in [0.2, 0.25) is 0 Å². The number of carbonyl (C=O) groups excluding carboxylic acids is 1. The number of nitrogens with zero attached hydrogens (tertiary/aromatic N) is 1. The molecule has 0 aliphatic carbocycles. The molecule has 108 valence electrons. The van der Waals surface area contributed by atoms with E-state index in [1.54, 1.807) is 18.2 Å². The quantitative estimate of drug-likeness (QED) is 0.884. The summed E-state index contributed by atoms with van der Waals surface area (Å²) in [7, 11) is 1.52. The highest BCUT2D eigenvalue weighted by Crippen LogP contribution is 2.27. The van der Waals surface area contributed by atoms with Crippen LogP contribution in [0.15, 0.2) is 41.0 Å². The van der Waals surface area contributed by atoms with E-state index in [-0.39, 0.29) is 11.3 Å². The van der Waals surface area contributed by atoms with Gasteiger partial charge in [-0.05, 0) is 40.2 Å². The minimum atomic E-state index is -1.19. The van der Waals surface area contributed by atoms with Gasteiger partial charge in [-0.3, -0.25) is 4.79 Å². The minimum Gasteiger partial charge on any atom is -0.497 e. The van der Waals surface area contributed by atoms with Gasteiger partial charge in [-0.15, -0.1) is 0 Å². The van der Waals surface area contributed by atoms with E-state index in [1.165, 1.54) is 25.4 Å². The van der Waals surface area contributed by atoms with Gasteiger partial charge in [0.25, 0.3) is 5.91 Å². The van der Waals surface area contributed by atoms with Crippen LogP contribution in [0.1, 0.15) is 20.8 Å². The number of nitrogens with one attached hydrogen (secondary N) is 1. The highest BCUT2D eigenvalue weighted by molar-refractivity contribution is 9.10. The molecule has 0 unspecified atom stereocenters. The van der Waals surface area contributed by atoms with Crippen molar-refractivity contribution in [2.24, 2.45) is 0 Å². The summed E-state index contributed by atoms with van der Waals surface area (Å²) >= 11 is 3.32. The van der Waals surface area contributed by atoms with Crippen LogP contribution in [0, 0.1) is 0 Å². The number of aromatic nitrogens is 1. The second-order valence-corrected chi connectivity index (χ2v) is 4.89. The number of rotatable bonds is 4. The molecule has 6 nitrogen and oxygen atoms in total. The van der Waals surface area contributed by atoms with E-state index < -0.39 is 11.9 Å². The van der Waals surface area contributed by atoms with Gasteiger partial charge in [-0.25, -0.2) is 9.78 Å². The number of hydrogen-bond donors (Lipinski definition) is 2. The van der Waals surface area contributed by atoms with Crippen molar-refractivity contribution in [2.75, 3.05) is 12.4 Å². The number of carbonyl (C=O) groups is 2. The number of aromatic carboxylic acids is 1. The van der Waals surface area contributed by atoms with Gasteiger partial charge < -0.3 is 15.2 Å². The van der Waals surface area contributed by atoms with Crippen LogP contribution >= 0.6 is 15.9 Å². The van der Waals surface area contributed by atoms with Crippen molar-refractivity contribution >= 4 is 33.5 Å². The molecule has 0 saturated heterocycles. The first-order valence-corrected chi connectivity index (χ1v) is 6.65. The van der Waals surface area contributed by atoms with E-state index in [1.807, 2.05) is 0 Å². The third-order valence-corrected chi connectivity index (χ3v) is 3.35. The lowest BCUT2D eigenvalue weighted by atomic mass is 10.2. The summed E-state index contributed by atoms with van der Waals surface area (Å²) in [6.07, 6.45) is 1.28. The molecule has 0 spiro atoms. The molecule has 0 aliphatic rings. The number of amides is 1. The molecule has 1 amide bonds. The summed E-state index contributed by atoms with van der Waals surface area (Å²) in [6.45, 7) is 0. The number of pyridine rings is 1. The molecule has 7 heteroatoms. The number of anilines is 1. The van der Waals surface area contributed by atoms with Crippen molar-refractivity contribution < 1.29 is 19.4 Å². The van der Waals surface area contributed by atoms with Crippen LogP contribution in [0.5, 0.6) is 5.75 Å². The van der Waals surface area contributed by atoms with Crippen LogP contribution in [-0.2, 0) is 0 Å². The minimum absolute atomic E-state index is 0.188. The zero-order valence-electron chi connectivity index (χ0n) is 11.0. The maximum absolute atomic E-state index is 12.1. The lowest BCUT2D eigenvalue weighted by Gasteiger charge is -2.09. The Labute approximate surface area is 128 Å². The fourth-order valence-corrected chi connectivity index (χ4v) is 1.96. The summed E-state index contributed by atoms with van der Waals surface area (Å²) in [5.41, 5.74) is 0.539. The molecule has 0 radical (unpaired) electrons. The van der Waals surface area contributed by atoms with Gasteiger partial charge in [0.1, 0.15) is 11.4 Å². The fraction of sp³-hybridized carbons (Fsp3) is 0.0714. The zero-order chi connectivity index (χ0) is 15.4. The van der Waals surface area contributed by atoms with Gasteiger partial charge in [-0.1, -0.05) is 0 Å². The second-order valence-electron chi connectivity index (χ2n) is 4.03. The predicted octanol–water partition coefficient (Wildman–Crippen LogP) is 2.80. The molecule has 0 atom stereocenters. The molecule has 21 heavy (non-hydrogen) atoms. The first-order chi connectivity index (χ1) is 10.0. The topological polar surface area (TPSA) is 88.5 Å². The summed E-state index contributed by atoms with van der Waals surface area (Å²) < 4.78 is 5.77. The molecule has 0 fully saturated rings.